The van der Waals surface area contributed by atoms with Crippen LogP contribution >= 0.6 is 0 Å². The molecule has 1 aliphatic rings. The van der Waals surface area contributed by atoms with Gasteiger partial charge in [0, 0.05) is 44.9 Å². The van der Waals surface area contributed by atoms with Crippen molar-refractivity contribution in [2.75, 3.05) is 31.1 Å². The van der Waals surface area contributed by atoms with E-state index in [1.54, 1.807) is 0 Å². The van der Waals surface area contributed by atoms with Gasteiger partial charge in [0.25, 0.3) is 0 Å². The number of nitrogens with zero attached hydrogens (tertiary/aromatic N) is 6. The van der Waals surface area contributed by atoms with Gasteiger partial charge >= 0.3 is 0 Å². The third-order valence-electron chi connectivity index (χ3n) is 3.87. The molecule has 0 unspecified atom stereocenters. The van der Waals surface area contributed by atoms with E-state index in [9.17, 15) is 0 Å². The molecular weight excluding hydrogens is 280 g/mol. The number of piperazine rings is 1. The molecule has 0 aliphatic carbocycles. The molecular formula is C15H22N6O. The van der Waals surface area contributed by atoms with Gasteiger partial charge in [-0.25, -0.2) is 9.97 Å². The van der Waals surface area contributed by atoms with Crippen LogP contribution in [-0.2, 0) is 13.0 Å². The molecule has 0 bridgehead atoms. The van der Waals surface area contributed by atoms with Crippen LogP contribution in [-0.4, -0.2) is 51.2 Å². The van der Waals surface area contributed by atoms with Crippen LogP contribution in [0.3, 0.4) is 0 Å². The Kier molecular flexibility index (Phi) is 4.33. The molecule has 22 heavy (non-hydrogen) atoms. The quantitative estimate of drug-likeness (QED) is 0.844. The summed E-state index contributed by atoms with van der Waals surface area (Å²) >= 11 is 0. The predicted molar refractivity (Wildman–Crippen MR) is 82.7 cm³/mol. The zero-order valence-electron chi connectivity index (χ0n) is 13.4. The smallest absolute Gasteiger partial charge is 0.223 e. The first-order valence-corrected chi connectivity index (χ1v) is 7.75. The second kappa shape index (κ2) is 6.39. The van der Waals surface area contributed by atoms with E-state index in [1.807, 2.05) is 13.8 Å². The van der Waals surface area contributed by atoms with E-state index in [1.165, 1.54) is 0 Å². The van der Waals surface area contributed by atoms with Crippen molar-refractivity contribution in [2.45, 2.75) is 33.7 Å². The minimum atomic E-state index is 0.622. The second-order valence-corrected chi connectivity index (χ2v) is 5.61. The Morgan fingerprint density at radius 2 is 1.86 bits per heavy atom. The summed E-state index contributed by atoms with van der Waals surface area (Å²) < 4.78 is 5.02. The Bertz CT molecular complexity index is 633. The third kappa shape index (κ3) is 3.41. The van der Waals surface area contributed by atoms with Gasteiger partial charge in [-0.15, -0.1) is 0 Å². The average Bonchev–Trinajstić information content (AvgIpc) is 2.92. The molecule has 0 amide bonds. The number of hydrogen-bond donors (Lipinski definition) is 0. The highest BCUT2D eigenvalue weighted by Crippen LogP contribution is 2.16. The Balaban J connectivity index is 1.60. The highest BCUT2D eigenvalue weighted by Gasteiger charge is 2.20. The molecule has 0 radical (unpaired) electrons. The van der Waals surface area contributed by atoms with E-state index in [0.717, 1.165) is 62.3 Å². The van der Waals surface area contributed by atoms with Gasteiger partial charge in [0.15, 0.2) is 5.82 Å². The molecule has 0 N–H and O–H groups in total. The number of aryl methyl sites for hydroxylation is 3. The summed E-state index contributed by atoms with van der Waals surface area (Å²) in [5.74, 6) is 3.27. The standard InChI is InChI=1S/C15H22N6O/c1-4-13-9-15(17-11(2)16-13)21-7-5-20(6-8-21)10-14-18-12(3)22-19-14/h9H,4-8,10H2,1-3H3. The molecule has 2 aromatic heterocycles. The molecule has 7 nitrogen and oxygen atoms in total. The van der Waals surface area contributed by atoms with Crippen molar-refractivity contribution >= 4 is 5.82 Å². The largest absolute Gasteiger partial charge is 0.354 e. The number of hydrogen-bond acceptors (Lipinski definition) is 7. The van der Waals surface area contributed by atoms with Crippen LogP contribution in [0, 0.1) is 13.8 Å². The molecule has 2 aromatic rings. The maximum absolute atomic E-state index is 5.02. The van der Waals surface area contributed by atoms with Crippen LogP contribution < -0.4 is 4.90 Å². The Morgan fingerprint density at radius 1 is 1.09 bits per heavy atom. The fourth-order valence-corrected chi connectivity index (χ4v) is 2.70. The van der Waals surface area contributed by atoms with E-state index in [-0.39, 0.29) is 0 Å². The first-order chi connectivity index (χ1) is 10.6. The topological polar surface area (TPSA) is 71.2 Å². The van der Waals surface area contributed by atoms with E-state index in [2.05, 4.69) is 42.9 Å². The van der Waals surface area contributed by atoms with E-state index >= 15 is 0 Å². The zero-order chi connectivity index (χ0) is 15.5. The van der Waals surface area contributed by atoms with Gasteiger partial charge in [-0.1, -0.05) is 12.1 Å². The Labute approximate surface area is 130 Å². The van der Waals surface area contributed by atoms with Crippen molar-refractivity contribution in [3.63, 3.8) is 0 Å². The van der Waals surface area contributed by atoms with Crippen molar-refractivity contribution < 1.29 is 4.52 Å². The third-order valence-corrected chi connectivity index (χ3v) is 3.87. The van der Waals surface area contributed by atoms with Crippen LogP contribution in [0.1, 0.15) is 30.2 Å². The fraction of sp³-hybridized carbons (Fsp3) is 0.600. The second-order valence-electron chi connectivity index (χ2n) is 5.61. The summed E-state index contributed by atoms with van der Waals surface area (Å²) in [7, 11) is 0. The van der Waals surface area contributed by atoms with Crippen molar-refractivity contribution in [1.82, 2.24) is 25.0 Å². The van der Waals surface area contributed by atoms with Gasteiger partial charge in [-0.2, -0.15) is 4.98 Å². The van der Waals surface area contributed by atoms with Crippen LogP contribution in [0.5, 0.6) is 0 Å². The van der Waals surface area contributed by atoms with Crippen LogP contribution in [0.2, 0.25) is 0 Å². The van der Waals surface area contributed by atoms with Crippen molar-refractivity contribution in [2.24, 2.45) is 0 Å². The highest BCUT2D eigenvalue weighted by atomic mass is 16.5. The van der Waals surface area contributed by atoms with Gasteiger partial charge in [0.2, 0.25) is 5.89 Å². The first-order valence-electron chi connectivity index (χ1n) is 7.75. The lowest BCUT2D eigenvalue weighted by Gasteiger charge is -2.34. The maximum Gasteiger partial charge on any atom is 0.223 e. The van der Waals surface area contributed by atoms with E-state index in [0.29, 0.717) is 5.89 Å². The number of rotatable bonds is 4. The molecule has 0 atom stereocenters. The average molecular weight is 302 g/mol. The molecule has 0 spiro atoms. The molecule has 3 heterocycles. The summed E-state index contributed by atoms with van der Waals surface area (Å²) in [5.41, 5.74) is 1.10. The molecule has 0 aromatic carbocycles. The van der Waals surface area contributed by atoms with Gasteiger partial charge in [-0.05, 0) is 13.3 Å². The number of anilines is 1. The molecule has 7 heteroatoms. The molecule has 1 fully saturated rings. The lowest BCUT2D eigenvalue weighted by Crippen LogP contribution is -2.46. The van der Waals surface area contributed by atoms with Gasteiger partial charge in [-0.3, -0.25) is 4.90 Å². The van der Waals surface area contributed by atoms with Crippen LogP contribution in [0.4, 0.5) is 5.82 Å². The molecule has 3 rings (SSSR count). The van der Waals surface area contributed by atoms with Crippen LogP contribution in [0.25, 0.3) is 0 Å². The van der Waals surface area contributed by atoms with E-state index in [4.69, 9.17) is 4.52 Å². The normalized spacial score (nSPS) is 16.2. The zero-order valence-corrected chi connectivity index (χ0v) is 13.4. The molecule has 1 aliphatic heterocycles. The fourth-order valence-electron chi connectivity index (χ4n) is 2.70. The van der Waals surface area contributed by atoms with Gasteiger partial charge in [0.1, 0.15) is 11.6 Å². The minimum Gasteiger partial charge on any atom is -0.354 e. The molecule has 1 saturated heterocycles. The lowest BCUT2D eigenvalue weighted by molar-refractivity contribution is 0.239. The van der Waals surface area contributed by atoms with Gasteiger partial charge in [0.05, 0.1) is 6.54 Å². The number of aromatic nitrogens is 4. The summed E-state index contributed by atoms with van der Waals surface area (Å²) in [6.07, 6.45) is 0.938. The van der Waals surface area contributed by atoms with Crippen molar-refractivity contribution in [3.8, 4) is 0 Å². The SMILES string of the molecule is CCc1cc(N2CCN(Cc3noc(C)n3)CC2)nc(C)n1. The summed E-state index contributed by atoms with van der Waals surface area (Å²) in [4.78, 5) is 18.0. The maximum atomic E-state index is 5.02. The van der Waals surface area contributed by atoms with E-state index < -0.39 is 0 Å². The summed E-state index contributed by atoms with van der Waals surface area (Å²) in [6, 6.07) is 2.10. The van der Waals surface area contributed by atoms with Crippen LogP contribution in [0.15, 0.2) is 10.6 Å². The van der Waals surface area contributed by atoms with Crippen molar-refractivity contribution in [1.29, 1.82) is 0 Å². The lowest BCUT2D eigenvalue weighted by atomic mass is 10.2. The monoisotopic (exact) mass is 302 g/mol. The first kappa shape index (κ1) is 14.9. The summed E-state index contributed by atoms with van der Waals surface area (Å²) in [5, 5.41) is 3.96. The molecule has 0 saturated carbocycles. The Morgan fingerprint density at radius 3 is 2.50 bits per heavy atom. The predicted octanol–water partition coefficient (Wildman–Crippen LogP) is 1.36. The Hall–Kier alpha value is -2.02. The summed E-state index contributed by atoms with van der Waals surface area (Å²) in [6.45, 7) is 10.5. The van der Waals surface area contributed by atoms with Gasteiger partial charge < -0.3 is 9.42 Å². The molecule has 118 valence electrons. The van der Waals surface area contributed by atoms with Crippen molar-refractivity contribution in [3.05, 3.63) is 29.3 Å². The highest BCUT2D eigenvalue weighted by molar-refractivity contribution is 5.40. The minimum absolute atomic E-state index is 0.622.